The predicted molar refractivity (Wildman–Crippen MR) is 95.9 cm³/mol. The molecule has 0 aliphatic carbocycles. The van der Waals surface area contributed by atoms with Gasteiger partial charge >= 0.3 is 0 Å². The Morgan fingerprint density at radius 1 is 1.13 bits per heavy atom. The Morgan fingerprint density at radius 3 is 2.39 bits per heavy atom. The molecule has 0 atom stereocenters. The van der Waals surface area contributed by atoms with Gasteiger partial charge in [-0.05, 0) is 51.5 Å². The molecule has 23 heavy (non-hydrogen) atoms. The summed E-state index contributed by atoms with van der Waals surface area (Å²) in [5, 5.41) is 4.97. The molecule has 124 valence electrons. The lowest BCUT2D eigenvalue weighted by Crippen LogP contribution is -2.29. The number of benzene rings is 1. The second-order valence-corrected chi connectivity index (χ2v) is 7.34. The number of nitrogens with zero attached hydrogens (tertiary/aromatic N) is 3. The van der Waals surface area contributed by atoms with Crippen molar-refractivity contribution in [3.05, 3.63) is 53.3 Å². The monoisotopic (exact) mass is 311 g/mol. The molecule has 1 aliphatic rings. The lowest BCUT2D eigenvalue weighted by molar-refractivity contribution is 0.253. The number of likely N-dealkylation sites (tertiary alicyclic amines) is 1. The van der Waals surface area contributed by atoms with Crippen LogP contribution in [0.1, 0.15) is 56.5 Å². The molecule has 0 amide bonds. The van der Waals surface area contributed by atoms with Gasteiger partial charge < -0.3 is 4.90 Å². The average Bonchev–Trinajstić information content (AvgIpc) is 3.01. The Bertz CT molecular complexity index is 634. The van der Waals surface area contributed by atoms with Gasteiger partial charge in [0.05, 0.1) is 5.69 Å². The molecular formula is C20H29N3. The van der Waals surface area contributed by atoms with Gasteiger partial charge in [0.15, 0.2) is 0 Å². The van der Waals surface area contributed by atoms with E-state index in [9.17, 15) is 0 Å². The van der Waals surface area contributed by atoms with E-state index in [4.69, 9.17) is 5.10 Å². The minimum Gasteiger partial charge on any atom is -0.306 e. The highest BCUT2D eigenvalue weighted by Crippen LogP contribution is 2.35. The van der Waals surface area contributed by atoms with E-state index in [-0.39, 0.29) is 5.41 Å². The van der Waals surface area contributed by atoms with Crippen molar-refractivity contribution < 1.29 is 0 Å². The summed E-state index contributed by atoms with van der Waals surface area (Å²) in [5.41, 5.74) is 3.96. The van der Waals surface area contributed by atoms with Crippen molar-refractivity contribution >= 4 is 0 Å². The SMILES string of the molecule is CCn1nc(C2CCN(C)CC2)cc1C(C)(C)c1ccccc1. The van der Waals surface area contributed by atoms with Gasteiger partial charge in [0.2, 0.25) is 0 Å². The third kappa shape index (κ3) is 3.20. The molecule has 2 heterocycles. The minimum atomic E-state index is -0.0199. The van der Waals surface area contributed by atoms with Crippen molar-refractivity contribution in [3.8, 4) is 0 Å². The van der Waals surface area contributed by atoms with Gasteiger partial charge in [0.1, 0.15) is 0 Å². The van der Waals surface area contributed by atoms with E-state index in [1.165, 1.54) is 42.9 Å². The maximum Gasteiger partial charge on any atom is 0.0659 e. The van der Waals surface area contributed by atoms with Gasteiger partial charge in [-0.3, -0.25) is 4.68 Å². The van der Waals surface area contributed by atoms with Crippen molar-refractivity contribution in [1.82, 2.24) is 14.7 Å². The Balaban J connectivity index is 1.93. The number of aromatic nitrogens is 2. The molecule has 3 rings (SSSR count). The summed E-state index contributed by atoms with van der Waals surface area (Å²) < 4.78 is 2.21. The number of piperidine rings is 1. The standard InChI is InChI=1S/C20H29N3/c1-5-23-19(20(2,3)17-9-7-6-8-10-17)15-18(21-23)16-11-13-22(4)14-12-16/h6-10,15-16H,5,11-14H2,1-4H3. The fraction of sp³-hybridized carbons (Fsp3) is 0.550. The first-order chi connectivity index (χ1) is 11.0. The van der Waals surface area contributed by atoms with Crippen molar-refractivity contribution in [2.24, 2.45) is 0 Å². The first kappa shape index (κ1) is 16.3. The van der Waals surface area contributed by atoms with Gasteiger partial charge in [0.25, 0.3) is 0 Å². The molecular weight excluding hydrogens is 282 g/mol. The molecule has 1 fully saturated rings. The van der Waals surface area contributed by atoms with E-state index >= 15 is 0 Å². The highest BCUT2D eigenvalue weighted by atomic mass is 15.3. The maximum absolute atomic E-state index is 4.97. The Labute approximate surface area is 140 Å². The molecule has 0 N–H and O–H groups in total. The first-order valence-electron chi connectivity index (χ1n) is 8.84. The summed E-state index contributed by atoms with van der Waals surface area (Å²) in [7, 11) is 2.21. The molecule has 0 saturated carbocycles. The quantitative estimate of drug-likeness (QED) is 0.850. The van der Waals surface area contributed by atoms with Crippen LogP contribution in [0.5, 0.6) is 0 Å². The third-order valence-corrected chi connectivity index (χ3v) is 5.37. The Hall–Kier alpha value is -1.61. The predicted octanol–water partition coefficient (Wildman–Crippen LogP) is 4.04. The molecule has 0 radical (unpaired) electrons. The molecule has 3 nitrogen and oxygen atoms in total. The van der Waals surface area contributed by atoms with Crippen LogP contribution in [0.3, 0.4) is 0 Å². The average molecular weight is 311 g/mol. The van der Waals surface area contributed by atoms with Crippen LogP contribution in [0.15, 0.2) is 36.4 Å². The van der Waals surface area contributed by atoms with Crippen molar-refractivity contribution in [3.63, 3.8) is 0 Å². The molecule has 1 aromatic heterocycles. The Kier molecular flexibility index (Phi) is 4.58. The second kappa shape index (κ2) is 6.48. The van der Waals surface area contributed by atoms with Crippen LogP contribution in [-0.4, -0.2) is 34.8 Å². The van der Waals surface area contributed by atoms with Crippen molar-refractivity contribution in [2.75, 3.05) is 20.1 Å². The maximum atomic E-state index is 4.97. The van der Waals surface area contributed by atoms with E-state index < -0.39 is 0 Å². The van der Waals surface area contributed by atoms with Gasteiger partial charge in [0, 0.05) is 23.6 Å². The molecule has 1 saturated heterocycles. The highest BCUT2D eigenvalue weighted by molar-refractivity contribution is 5.35. The summed E-state index contributed by atoms with van der Waals surface area (Å²) in [4.78, 5) is 2.42. The normalized spacial score (nSPS) is 17.6. The number of rotatable bonds is 4. The number of hydrogen-bond donors (Lipinski definition) is 0. The van der Waals surface area contributed by atoms with E-state index in [2.05, 4.69) is 73.8 Å². The minimum absolute atomic E-state index is 0.0199. The van der Waals surface area contributed by atoms with E-state index in [0.717, 1.165) is 6.54 Å². The summed E-state index contributed by atoms with van der Waals surface area (Å²) in [5.74, 6) is 0.615. The van der Waals surface area contributed by atoms with Crippen molar-refractivity contribution in [1.29, 1.82) is 0 Å². The Morgan fingerprint density at radius 2 is 1.78 bits per heavy atom. The first-order valence-corrected chi connectivity index (χ1v) is 8.84. The third-order valence-electron chi connectivity index (χ3n) is 5.37. The number of aryl methyl sites for hydroxylation is 1. The zero-order valence-electron chi connectivity index (χ0n) is 14.9. The zero-order chi connectivity index (χ0) is 16.4. The molecule has 0 spiro atoms. The van der Waals surface area contributed by atoms with E-state index in [1.54, 1.807) is 0 Å². The lowest BCUT2D eigenvalue weighted by atomic mass is 9.80. The summed E-state index contributed by atoms with van der Waals surface area (Å²) in [6.45, 7) is 10.1. The molecule has 3 heteroatoms. The van der Waals surface area contributed by atoms with Gasteiger partial charge in [-0.1, -0.05) is 44.2 Å². The van der Waals surface area contributed by atoms with Crippen LogP contribution in [0, 0.1) is 0 Å². The van der Waals surface area contributed by atoms with Crippen LogP contribution in [-0.2, 0) is 12.0 Å². The summed E-state index contributed by atoms with van der Waals surface area (Å²) >= 11 is 0. The fourth-order valence-electron chi connectivity index (χ4n) is 3.69. The van der Waals surface area contributed by atoms with Crippen LogP contribution in [0.25, 0.3) is 0 Å². The topological polar surface area (TPSA) is 21.1 Å². The van der Waals surface area contributed by atoms with Crippen LogP contribution in [0.2, 0.25) is 0 Å². The molecule has 1 aliphatic heterocycles. The molecule has 1 aromatic carbocycles. The summed E-state index contributed by atoms with van der Waals surface area (Å²) in [6, 6.07) is 13.2. The van der Waals surface area contributed by atoms with Crippen LogP contribution in [0.4, 0.5) is 0 Å². The van der Waals surface area contributed by atoms with Crippen molar-refractivity contribution in [2.45, 2.75) is 51.5 Å². The van der Waals surface area contributed by atoms with E-state index in [1.807, 2.05) is 0 Å². The second-order valence-electron chi connectivity index (χ2n) is 7.34. The summed E-state index contributed by atoms with van der Waals surface area (Å²) in [6.07, 6.45) is 2.45. The zero-order valence-corrected chi connectivity index (χ0v) is 14.9. The van der Waals surface area contributed by atoms with Crippen LogP contribution < -0.4 is 0 Å². The largest absolute Gasteiger partial charge is 0.306 e. The van der Waals surface area contributed by atoms with E-state index in [0.29, 0.717) is 5.92 Å². The molecule has 0 bridgehead atoms. The fourth-order valence-corrected chi connectivity index (χ4v) is 3.69. The van der Waals surface area contributed by atoms with Crippen LogP contribution >= 0.6 is 0 Å². The van der Waals surface area contributed by atoms with Gasteiger partial charge in [-0.2, -0.15) is 5.10 Å². The number of hydrogen-bond acceptors (Lipinski definition) is 2. The molecule has 0 unspecified atom stereocenters. The smallest absolute Gasteiger partial charge is 0.0659 e. The lowest BCUT2D eigenvalue weighted by Gasteiger charge is -2.27. The molecule has 2 aromatic rings. The van der Waals surface area contributed by atoms with Gasteiger partial charge in [-0.15, -0.1) is 0 Å². The highest BCUT2D eigenvalue weighted by Gasteiger charge is 2.30. The van der Waals surface area contributed by atoms with Gasteiger partial charge in [-0.25, -0.2) is 0 Å².